The highest BCUT2D eigenvalue weighted by atomic mass is 16.5. The number of esters is 1. The molecule has 0 saturated heterocycles. The van der Waals surface area contributed by atoms with E-state index >= 15 is 0 Å². The van der Waals surface area contributed by atoms with E-state index in [-0.39, 0.29) is 11.9 Å². The molecule has 0 aromatic heterocycles. The van der Waals surface area contributed by atoms with Gasteiger partial charge in [0.1, 0.15) is 0 Å². The van der Waals surface area contributed by atoms with E-state index in [1.54, 1.807) is 0 Å². The van der Waals surface area contributed by atoms with E-state index in [1.807, 2.05) is 6.92 Å². The Morgan fingerprint density at radius 2 is 1.68 bits per heavy atom. The molecule has 1 fully saturated rings. The molecule has 1 saturated carbocycles. The number of ether oxygens (including phenoxy) is 1. The minimum absolute atomic E-state index is 0.148. The van der Waals surface area contributed by atoms with Crippen LogP contribution in [0.2, 0.25) is 0 Å². The highest BCUT2D eigenvalue weighted by molar-refractivity contribution is 5.85. The van der Waals surface area contributed by atoms with Crippen molar-refractivity contribution in [3.8, 4) is 0 Å². The molecule has 1 N–H and O–H groups in total. The van der Waals surface area contributed by atoms with Crippen molar-refractivity contribution in [2.45, 2.75) is 97.8 Å². The van der Waals surface area contributed by atoms with Crippen molar-refractivity contribution >= 4 is 11.9 Å². The first-order valence-electron chi connectivity index (χ1n) is 10.4. The summed E-state index contributed by atoms with van der Waals surface area (Å²) in [6, 6.07) is 0. The summed E-state index contributed by atoms with van der Waals surface area (Å²) in [5.74, 6) is -1.53. The van der Waals surface area contributed by atoms with Gasteiger partial charge in [-0.05, 0) is 38.0 Å². The van der Waals surface area contributed by atoms with Crippen LogP contribution < -0.4 is 0 Å². The van der Waals surface area contributed by atoms with Gasteiger partial charge in [0.15, 0.2) is 0 Å². The summed E-state index contributed by atoms with van der Waals surface area (Å²) in [6.07, 6.45) is 10.9. The Hall–Kier alpha value is -1.06. The lowest BCUT2D eigenvalue weighted by Crippen LogP contribution is -2.50. The topological polar surface area (TPSA) is 63.6 Å². The minimum Gasteiger partial charge on any atom is -0.481 e. The second-order valence-electron chi connectivity index (χ2n) is 7.65. The first kappa shape index (κ1) is 22.0. The van der Waals surface area contributed by atoms with Crippen LogP contribution in [0.4, 0.5) is 0 Å². The second kappa shape index (κ2) is 11.5. The van der Waals surface area contributed by atoms with Crippen LogP contribution in [0, 0.1) is 17.3 Å². The van der Waals surface area contributed by atoms with E-state index in [2.05, 4.69) is 13.8 Å². The minimum atomic E-state index is -0.841. The van der Waals surface area contributed by atoms with Gasteiger partial charge < -0.3 is 9.84 Å². The van der Waals surface area contributed by atoms with Crippen LogP contribution in [0.25, 0.3) is 0 Å². The van der Waals surface area contributed by atoms with Crippen molar-refractivity contribution in [1.29, 1.82) is 0 Å². The molecule has 2 atom stereocenters. The molecular formula is C21H38O4. The molecule has 0 amide bonds. The van der Waals surface area contributed by atoms with Gasteiger partial charge in [0.05, 0.1) is 17.9 Å². The zero-order valence-electron chi connectivity index (χ0n) is 16.5. The third-order valence-electron chi connectivity index (χ3n) is 5.89. The Morgan fingerprint density at radius 1 is 1.04 bits per heavy atom. The van der Waals surface area contributed by atoms with Crippen LogP contribution in [0.5, 0.6) is 0 Å². The van der Waals surface area contributed by atoms with Gasteiger partial charge in [-0.15, -0.1) is 0 Å². The lowest BCUT2D eigenvalue weighted by molar-refractivity contribution is -0.175. The van der Waals surface area contributed by atoms with Crippen molar-refractivity contribution in [3.63, 3.8) is 0 Å². The molecule has 25 heavy (non-hydrogen) atoms. The van der Waals surface area contributed by atoms with E-state index in [0.29, 0.717) is 19.4 Å². The molecule has 1 rings (SSSR count). The van der Waals surface area contributed by atoms with Gasteiger partial charge in [-0.25, -0.2) is 0 Å². The maximum absolute atomic E-state index is 13.3. The summed E-state index contributed by atoms with van der Waals surface area (Å²) in [6.45, 7) is 6.58. The van der Waals surface area contributed by atoms with Crippen LogP contribution in [-0.4, -0.2) is 23.7 Å². The number of hydrogen-bond donors (Lipinski definition) is 1. The number of aliphatic carboxylic acids is 1. The van der Waals surface area contributed by atoms with Crippen molar-refractivity contribution < 1.29 is 19.4 Å². The Kier molecular flexibility index (Phi) is 10.1. The molecule has 0 aliphatic heterocycles. The number of rotatable bonds is 12. The number of carboxylic acids is 1. The molecule has 0 radical (unpaired) electrons. The molecule has 4 nitrogen and oxygen atoms in total. The van der Waals surface area contributed by atoms with Gasteiger partial charge in [0, 0.05) is 0 Å². The molecule has 0 aromatic carbocycles. The summed E-state index contributed by atoms with van der Waals surface area (Å²) in [7, 11) is 0. The molecule has 146 valence electrons. The Labute approximate surface area is 153 Å². The molecule has 0 heterocycles. The van der Waals surface area contributed by atoms with Crippen LogP contribution in [0.1, 0.15) is 97.8 Å². The fourth-order valence-electron chi connectivity index (χ4n) is 4.49. The van der Waals surface area contributed by atoms with Gasteiger partial charge in [-0.2, -0.15) is 0 Å². The maximum Gasteiger partial charge on any atom is 0.313 e. The fourth-order valence-corrected chi connectivity index (χ4v) is 4.49. The predicted octanol–water partition coefficient (Wildman–Crippen LogP) is 5.59. The van der Waals surface area contributed by atoms with Gasteiger partial charge in [0.25, 0.3) is 0 Å². The molecule has 1 aliphatic carbocycles. The number of carbonyl (C=O) groups is 2. The van der Waals surface area contributed by atoms with E-state index in [0.717, 1.165) is 57.8 Å². The lowest BCUT2D eigenvalue weighted by Gasteiger charge is -2.44. The standard InChI is InChI=1S/C21H38O4/c1-4-7-15-21(17-13-10-9-11-14-17,18(12-6-3)19(22)23)20(24)25-16-8-5-2/h17-18H,4-16H2,1-3H3,(H,22,23). The quantitative estimate of drug-likeness (QED) is 0.367. The van der Waals surface area contributed by atoms with Gasteiger partial charge in [0.2, 0.25) is 0 Å². The Balaban J connectivity index is 3.23. The van der Waals surface area contributed by atoms with E-state index in [9.17, 15) is 14.7 Å². The normalized spacial score (nSPS) is 19.2. The SMILES string of the molecule is CCCCOC(=O)C(CCCC)(C1CCCCC1)C(CCC)C(=O)O. The average Bonchev–Trinajstić information content (AvgIpc) is 2.62. The van der Waals surface area contributed by atoms with Crippen LogP contribution >= 0.6 is 0 Å². The average molecular weight is 355 g/mol. The molecule has 2 unspecified atom stereocenters. The predicted molar refractivity (Wildman–Crippen MR) is 100 cm³/mol. The Morgan fingerprint density at radius 3 is 2.20 bits per heavy atom. The highest BCUT2D eigenvalue weighted by Gasteiger charge is 2.54. The first-order chi connectivity index (χ1) is 12.0. The number of unbranched alkanes of at least 4 members (excludes halogenated alkanes) is 2. The zero-order valence-corrected chi connectivity index (χ0v) is 16.5. The molecule has 4 heteroatoms. The van der Waals surface area contributed by atoms with Gasteiger partial charge >= 0.3 is 11.9 Å². The molecule has 1 aliphatic rings. The smallest absolute Gasteiger partial charge is 0.313 e. The molecule has 0 aromatic rings. The van der Waals surface area contributed by atoms with Crippen molar-refractivity contribution in [3.05, 3.63) is 0 Å². The second-order valence-corrected chi connectivity index (χ2v) is 7.65. The van der Waals surface area contributed by atoms with Gasteiger partial charge in [-0.1, -0.05) is 65.7 Å². The highest BCUT2D eigenvalue weighted by Crippen LogP contribution is 2.50. The van der Waals surface area contributed by atoms with Crippen LogP contribution in [0.15, 0.2) is 0 Å². The fraction of sp³-hybridized carbons (Fsp3) is 0.905. The van der Waals surface area contributed by atoms with Crippen molar-refractivity contribution in [2.75, 3.05) is 6.61 Å². The molecule has 0 bridgehead atoms. The van der Waals surface area contributed by atoms with Crippen molar-refractivity contribution in [1.82, 2.24) is 0 Å². The summed E-state index contributed by atoms with van der Waals surface area (Å²) in [5, 5.41) is 9.98. The monoisotopic (exact) mass is 354 g/mol. The number of hydrogen-bond acceptors (Lipinski definition) is 3. The maximum atomic E-state index is 13.3. The summed E-state index contributed by atoms with van der Waals surface area (Å²) < 4.78 is 5.67. The van der Waals surface area contributed by atoms with E-state index in [1.165, 1.54) is 6.42 Å². The number of carboxylic acid groups (broad SMARTS) is 1. The van der Waals surface area contributed by atoms with E-state index in [4.69, 9.17) is 4.74 Å². The van der Waals surface area contributed by atoms with E-state index < -0.39 is 17.3 Å². The first-order valence-corrected chi connectivity index (χ1v) is 10.4. The third kappa shape index (κ3) is 5.72. The summed E-state index contributed by atoms with van der Waals surface area (Å²) in [4.78, 5) is 25.4. The van der Waals surface area contributed by atoms with Crippen molar-refractivity contribution in [2.24, 2.45) is 17.3 Å². The van der Waals surface area contributed by atoms with Crippen LogP contribution in [0.3, 0.4) is 0 Å². The lowest BCUT2D eigenvalue weighted by atomic mass is 9.58. The van der Waals surface area contributed by atoms with Gasteiger partial charge in [-0.3, -0.25) is 9.59 Å². The molecule has 0 spiro atoms. The third-order valence-corrected chi connectivity index (χ3v) is 5.89. The summed E-state index contributed by atoms with van der Waals surface area (Å²) >= 11 is 0. The Bertz CT molecular complexity index is 401. The molecular weight excluding hydrogens is 316 g/mol. The summed E-state index contributed by atoms with van der Waals surface area (Å²) in [5.41, 5.74) is -0.841. The number of carbonyl (C=O) groups excluding carboxylic acids is 1. The zero-order chi connectivity index (χ0) is 18.7. The largest absolute Gasteiger partial charge is 0.481 e. The van der Waals surface area contributed by atoms with Crippen LogP contribution in [-0.2, 0) is 14.3 Å².